The Morgan fingerprint density at radius 1 is 1.69 bits per heavy atom. The summed E-state index contributed by atoms with van der Waals surface area (Å²) in [5.74, 6) is 0.424. The summed E-state index contributed by atoms with van der Waals surface area (Å²) in [4.78, 5) is 13.3. The van der Waals surface area contributed by atoms with Crippen molar-refractivity contribution in [1.82, 2.24) is 15.5 Å². The van der Waals surface area contributed by atoms with Crippen LogP contribution in [0.25, 0.3) is 0 Å². The van der Waals surface area contributed by atoms with E-state index in [0.717, 1.165) is 0 Å². The van der Waals surface area contributed by atoms with Crippen LogP contribution in [0.5, 0.6) is 0 Å². The molecule has 1 aliphatic rings. The van der Waals surface area contributed by atoms with Crippen molar-refractivity contribution in [3.8, 4) is 6.07 Å². The predicted octanol–water partition coefficient (Wildman–Crippen LogP) is -0.327. The van der Waals surface area contributed by atoms with E-state index < -0.39 is 0 Å². The summed E-state index contributed by atoms with van der Waals surface area (Å²) in [6.45, 7) is 2.98. The zero-order chi connectivity index (χ0) is 11.5. The molecule has 6 nitrogen and oxygen atoms in total. The highest BCUT2D eigenvalue weighted by Gasteiger charge is 2.28. The van der Waals surface area contributed by atoms with E-state index in [2.05, 4.69) is 21.6 Å². The van der Waals surface area contributed by atoms with Crippen molar-refractivity contribution in [2.24, 2.45) is 0 Å². The van der Waals surface area contributed by atoms with Gasteiger partial charge in [-0.25, -0.2) is 0 Å². The molecule has 0 aliphatic carbocycles. The lowest BCUT2D eigenvalue weighted by Crippen LogP contribution is -2.54. The van der Waals surface area contributed by atoms with Crippen LogP contribution in [0.1, 0.15) is 12.5 Å². The summed E-state index contributed by atoms with van der Waals surface area (Å²) in [6.07, 6.45) is 1.47. The number of nitrogens with one attached hydrogen (secondary N) is 1. The molecule has 1 aromatic rings. The minimum absolute atomic E-state index is 0.0548. The Labute approximate surface area is 92.9 Å². The van der Waals surface area contributed by atoms with E-state index in [-0.39, 0.29) is 11.9 Å². The van der Waals surface area contributed by atoms with Gasteiger partial charge in [0.1, 0.15) is 12.1 Å². The summed E-state index contributed by atoms with van der Waals surface area (Å²) in [5, 5.41) is 19.4. The number of anilines is 1. The third-order valence-electron chi connectivity index (χ3n) is 2.59. The molecule has 1 N–H and O–H groups in total. The molecule has 0 bridgehead atoms. The van der Waals surface area contributed by atoms with E-state index in [9.17, 15) is 4.79 Å². The average molecular weight is 217 g/mol. The van der Waals surface area contributed by atoms with Crippen molar-refractivity contribution in [2.75, 3.05) is 18.0 Å². The quantitative estimate of drug-likeness (QED) is 0.696. The van der Waals surface area contributed by atoms with Crippen molar-refractivity contribution in [3.63, 3.8) is 0 Å². The second-order valence-corrected chi connectivity index (χ2v) is 3.54. The third-order valence-corrected chi connectivity index (χ3v) is 2.59. The minimum Gasteiger partial charge on any atom is -0.353 e. The summed E-state index contributed by atoms with van der Waals surface area (Å²) < 4.78 is 0. The fourth-order valence-corrected chi connectivity index (χ4v) is 1.70. The molecule has 2 rings (SSSR count). The van der Waals surface area contributed by atoms with Gasteiger partial charge >= 0.3 is 0 Å². The molecule has 0 spiro atoms. The second-order valence-electron chi connectivity index (χ2n) is 3.54. The topological polar surface area (TPSA) is 81.9 Å². The number of rotatable bonds is 1. The molecule has 1 saturated heterocycles. The number of nitrogens with zero attached hydrogens (tertiary/aromatic N) is 4. The summed E-state index contributed by atoms with van der Waals surface area (Å²) >= 11 is 0. The SMILES string of the molecule is CC1C(=O)NCCN1c1nnccc1C#N. The first kappa shape index (κ1) is 10.4. The Hall–Kier alpha value is -2.16. The van der Waals surface area contributed by atoms with Gasteiger partial charge in [0.05, 0.1) is 11.8 Å². The molecule has 0 saturated carbocycles. The lowest BCUT2D eigenvalue weighted by Gasteiger charge is -2.33. The zero-order valence-corrected chi connectivity index (χ0v) is 8.84. The molecule has 0 aromatic carbocycles. The fraction of sp³-hybridized carbons (Fsp3) is 0.400. The van der Waals surface area contributed by atoms with Crippen molar-refractivity contribution in [2.45, 2.75) is 13.0 Å². The van der Waals surface area contributed by atoms with Crippen LogP contribution in [0.2, 0.25) is 0 Å². The van der Waals surface area contributed by atoms with Gasteiger partial charge < -0.3 is 10.2 Å². The maximum absolute atomic E-state index is 11.5. The molecule has 1 aromatic heterocycles. The highest BCUT2D eigenvalue weighted by Crippen LogP contribution is 2.19. The summed E-state index contributed by atoms with van der Waals surface area (Å²) in [7, 11) is 0. The minimum atomic E-state index is -0.322. The number of carbonyl (C=O) groups excluding carboxylic acids is 1. The van der Waals surface area contributed by atoms with Crippen molar-refractivity contribution < 1.29 is 4.79 Å². The van der Waals surface area contributed by atoms with Gasteiger partial charge in [0.25, 0.3) is 0 Å². The van der Waals surface area contributed by atoms with Crippen LogP contribution in [0.3, 0.4) is 0 Å². The van der Waals surface area contributed by atoms with Gasteiger partial charge in [0.2, 0.25) is 5.91 Å². The Morgan fingerprint density at radius 2 is 2.50 bits per heavy atom. The van der Waals surface area contributed by atoms with Crippen LogP contribution in [-0.4, -0.2) is 35.2 Å². The maximum atomic E-state index is 11.5. The number of amides is 1. The molecule has 0 radical (unpaired) electrons. The van der Waals surface area contributed by atoms with Crippen molar-refractivity contribution in [3.05, 3.63) is 17.8 Å². The van der Waals surface area contributed by atoms with Gasteiger partial charge in [-0.2, -0.15) is 10.4 Å². The Bertz CT molecular complexity index is 453. The van der Waals surface area contributed by atoms with Crippen molar-refractivity contribution >= 4 is 11.7 Å². The van der Waals surface area contributed by atoms with Crippen molar-refractivity contribution in [1.29, 1.82) is 5.26 Å². The number of hydrogen-bond donors (Lipinski definition) is 1. The van der Waals surface area contributed by atoms with Crippen LogP contribution < -0.4 is 10.2 Å². The van der Waals surface area contributed by atoms with Gasteiger partial charge in [-0.05, 0) is 13.0 Å². The Morgan fingerprint density at radius 3 is 3.25 bits per heavy atom. The molecule has 82 valence electrons. The summed E-state index contributed by atoms with van der Waals surface area (Å²) in [5.41, 5.74) is 0.441. The molecule has 1 fully saturated rings. The number of piperazine rings is 1. The van der Waals surface area contributed by atoms with Gasteiger partial charge in [0, 0.05) is 13.1 Å². The molecular weight excluding hydrogens is 206 g/mol. The second kappa shape index (κ2) is 4.14. The lowest BCUT2D eigenvalue weighted by atomic mass is 10.2. The fourth-order valence-electron chi connectivity index (χ4n) is 1.70. The van der Waals surface area contributed by atoms with Gasteiger partial charge in [-0.3, -0.25) is 4.79 Å². The molecule has 2 heterocycles. The molecular formula is C10H11N5O. The first-order valence-electron chi connectivity index (χ1n) is 5.00. The smallest absolute Gasteiger partial charge is 0.242 e. The normalized spacial score (nSPS) is 20.1. The molecule has 1 aliphatic heterocycles. The van der Waals surface area contributed by atoms with E-state index in [1.807, 2.05) is 0 Å². The zero-order valence-electron chi connectivity index (χ0n) is 8.84. The maximum Gasteiger partial charge on any atom is 0.242 e. The van der Waals surface area contributed by atoms with Crippen LogP contribution in [-0.2, 0) is 4.79 Å². The molecule has 1 unspecified atom stereocenters. The van der Waals surface area contributed by atoms with E-state index in [0.29, 0.717) is 24.5 Å². The van der Waals surface area contributed by atoms with Gasteiger partial charge in [-0.15, -0.1) is 5.10 Å². The van der Waals surface area contributed by atoms with Crippen LogP contribution in [0.15, 0.2) is 12.3 Å². The first-order chi connectivity index (χ1) is 7.74. The van der Waals surface area contributed by atoms with E-state index in [1.165, 1.54) is 6.20 Å². The standard InChI is InChI=1S/C10H11N5O/c1-7-10(16)12-4-5-15(7)9-8(6-11)2-3-13-14-9/h2-3,7H,4-5H2,1H3,(H,12,16). The van der Waals surface area contributed by atoms with Crippen LogP contribution >= 0.6 is 0 Å². The number of aromatic nitrogens is 2. The first-order valence-corrected chi connectivity index (χ1v) is 5.00. The number of nitriles is 1. The largest absolute Gasteiger partial charge is 0.353 e. The van der Waals surface area contributed by atoms with Crippen LogP contribution in [0.4, 0.5) is 5.82 Å². The monoisotopic (exact) mass is 217 g/mol. The highest BCUT2D eigenvalue weighted by molar-refractivity contribution is 5.86. The van der Waals surface area contributed by atoms with Crippen LogP contribution in [0, 0.1) is 11.3 Å². The van der Waals surface area contributed by atoms with E-state index in [1.54, 1.807) is 17.9 Å². The highest BCUT2D eigenvalue weighted by atomic mass is 16.2. The van der Waals surface area contributed by atoms with Gasteiger partial charge in [0.15, 0.2) is 5.82 Å². The number of carbonyl (C=O) groups is 1. The number of hydrogen-bond acceptors (Lipinski definition) is 5. The molecule has 16 heavy (non-hydrogen) atoms. The molecule has 1 amide bonds. The van der Waals surface area contributed by atoms with E-state index in [4.69, 9.17) is 5.26 Å². The average Bonchev–Trinajstić information content (AvgIpc) is 2.33. The lowest BCUT2D eigenvalue weighted by molar-refractivity contribution is -0.122. The Kier molecular flexibility index (Phi) is 2.68. The third kappa shape index (κ3) is 1.67. The predicted molar refractivity (Wildman–Crippen MR) is 56.6 cm³/mol. The van der Waals surface area contributed by atoms with E-state index >= 15 is 0 Å². The molecule has 6 heteroatoms. The summed E-state index contributed by atoms with van der Waals surface area (Å²) in [6, 6.07) is 3.33. The molecule has 1 atom stereocenters. The Balaban J connectivity index is 2.36. The van der Waals surface area contributed by atoms with Gasteiger partial charge in [-0.1, -0.05) is 0 Å².